The molecule has 2 rings (SSSR count). The van der Waals surface area contributed by atoms with Crippen molar-refractivity contribution in [1.82, 2.24) is 20.4 Å². The van der Waals surface area contributed by atoms with Crippen molar-refractivity contribution in [3.05, 3.63) is 52.8 Å². The number of nitrogens with one attached hydrogen (secondary N) is 2. The van der Waals surface area contributed by atoms with Gasteiger partial charge in [0.25, 0.3) is 5.91 Å². The number of hydrogen-bond acceptors (Lipinski definition) is 3. The van der Waals surface area contributed by atoms with Crippen LogP contribution in [-0.2, 0) is 30.5 Å². The monoisotopic (exact) mass is 562 g/mol. The quantitative estimate of drug-likeness (QED) is 0.310. The van der Waals surface area contributed by atoms with Crippen LogP contribution < -0.4 is 10.6 Å². The van der Waals surface area contributed by atoms with E-state index in [9.17, 15) is 44.7 Å². The first-order chi connectivity index (χ1) is 17.0. The lowest BCUT2D eigenvalue weighted by Crippen LogP contribution is -2.38. The van der Waals surface area contributed by atoms with Gasteiger partial charge in [0.1, 0.15) is 11.3 Å². The molecule has 2 atom stereocenters. The Bertz CT molecular complexity index is 1090. The van der Waals surface area contributed by atoms with E-state index in [0.717, 1.165) is 5.56 Å². The second-order valence-electron chi connectivity index (χ2n) is 8.04. The molecule has 2 amide bonds. The highest BCUT2D eigenvalue weighted by Crippen LogP contribution is 2.48. The molecule has 0 saturated carbocycles. The van der Waals surface area contributed by atoms with Crippen molar-refractivity contribution in [2.24, 2.45) is 13.0 Å². The average Bonchev–Trinajstić information content (AvgIpc) is 3.18. The zero-order valence-electron chi connectivity index (χ0n) is 19.5. The van der Waals surface area contributed by atoms with Crippen molar-refractivity contribution >= 4 is 23.4 Å². The van der Waals surface area contributed by atoms with E-state index < -0.39 is 64.9 Å². The smallest absolute Gasteiger partial charge is 0.352 e. The van der Waals surface area contributed by atoms with Crippen LogP contribution in [0.1, 0.15) is 47.1 Å². The number of aromatic nitrogens is 2. The van der Waals surface area contributed by atoms with Gasteiger partial charge in [0, 0.05) is 25.5 Å². The van der Waals surface area contributed by atoms with Crippen LogP contribution in [0.2, 0.25) is 0 Å². The van der Waals surface area contributed by atoms with E-state index >= 15 is 0 Å². The molecule has 206 valence electrons. The number of halogens is 9. The van der Waals surface area contributed by atoms with Gasteiger partial charge >= 0.3 is 18.3 Å². The van der Waals surface area contributed by atoms with Crippen molar-refractivity contribution in [2.45, 2.75) is 50.0 Å². The van der Waals surface area contributed by atoms with Crippen LogP contribution >= 0.6 is 11.6 Å². The second-order valence-corrected chi connectivity index (χ2v) is 8.61. The molecule has 1 heterocycles. The van der Waals surface area contributed by atoms with Crippen molar-refractivity contribution in [2.75, 3.05) is 6.54 Å². The van der Waals surface area contributed by atoms with E-state index in [1.165, 1.54) is 0 Å². The molecule has 0 radical (unpaired) electrons. The minimum absolute atomic E-state index is 0.00753. The van der Waals surface area contributed by atoms with Gasteiger partial charge in [-0.25, -0.2) is 0 Å². The van der Waals surface area contributed by atoms with Crippen molar-refractivity contribution in [3.63, 3.8) is 0 Å². The number of alkyl halides is 9. The Morgan fingerprint density at radius 2 is 1.62 bits per heavy atom. The third-order valence-corrected chi connectivity index (χ3v) is 6.03. The van der Waals surface area contributed by atoms with E-state index in [0.29, 0.717) is 13.5 Å². The van der Waals surface area contributed by atoms with Crippen molar-refractivity contribution < 1.29 is 44.7 Å². The number of carbonyl (C=O) groups is 2. The summed E-state index contributed by atoms with van der Waals surface area (Å²) < 4.78 is 106. The van der Waals surface area contributed by atoms with Gasteiger partial charge in [0.05, 0.1) is 5.92 Å². The van der Waals surface area contributed by atoms with Crippen LogP contribution in [0.25, 0.3) is 0 Å². The molecular formula is C22H23ClF8N4O2. The van der Waals surface area contributed by atoms with Gasteiger partial charge in [0.2, 0.25) is 5.91 Å². The van der Waals surface area contributed by atoms with Gasteiger partial charge < -0.3 is 10.6 Å². The maximum absolute atomic E-state index is 13.8. The minimum Gasteiger partial charge on any atom is -0.352 e. The Morgan fingerprint density at radius 1 is 1.03 bits per heavy atom. The summed E-state index contributed by atoms with van der Waals surface area (Å²) in [4.78, 5) is 25.1. The summed E-state index contributed by atoms with van der Waals surface area (Å²) in [6, 6.07) is 8.82. The summed E-state index contributed by atoms with van der Waals surface area (Å²) >= 11 is 6.22. The zero-order chi connectivity index (χ0) is 28.2. The van der Waals surface area contributed by atoms with Crippen LogP contribution in [0.4, 0.5) is 35.1 Å². The molecule has 0 saturated heterocycles. The fourth-order valence-electron chi connectivity index (χ4n) is 3.51. The number of amides is 2. The second kappa shape index (κ2) is 11.7. The summed E-state index contributed by atoms with van der Waals surface area (Å²) in [5.74, 6) is -8.96. The number of benzene rings is 1. The van der Waals surface area contributed by atoms with Crippen LogP contribution in [0.3, 0.4) is 0 Å². The van der Waals surface area contributed by atoms with E-state index in [1.807, 2.05) is 5.32 Å². The molecular weight excluding hydrogens is 540 g/mol. The summed E-state index contributed by atoms with van der Waals surface area (Å²) in [5.41, 5.74) is -5.89. The molecule has 6 nitrogen and oxygen atoms in total. The van der Waals surface area contributed by atoms with Gasteiger partial charge in [-0.2, -0.15) is 40.2 Å². The molecule has 2 aromatic rings. The lowest BCUT2D eigenvalue weighted by atomic mass is 9.97. The highest BCUT2D eigenvalue weighted by Gasteiger charge is 2.64. The normalized spacial score (nSPS) is 14.2. The fourth-order valence-corrected chi connectivity index (χ4v) is 3.75. The molecule has 0 bridgehead atoms. The number of hydrogen-bond donors (Lipinski definition) is 2. The molecule has 37 heavy (non-hydrogen) atoms. The predicted octanol–water partition coefficient (Wildman–Crippen LogP) is 5.16. The third kappa shape index (κ3) is 7.11. The molecule has 15 heteroatoms. The summed E-state index contributed by atoms with van der Waals surface area (Å²) in [5, 5.41) is 6.66. The minimum atomic E-state index is -6.38. The Balaban J connectivity index is 2.21. The molecule has 2 unspecified atom stereocenters. The van der Waals surface area contributed by atoms with Crippen molar-refractivity contribution in [3.8, 4) is 0 Å². The molecule has 0 aliphatic heterocycles. The largest absolute Gasteiger partial charge is 0.459 e. The first-order valence-corrected chi connectivity index (χ1v) is 11.3. The van der Waals surface area contributed by atoms with Gasteiger partial charge in [0.15, 0.2) is 5.69 Å². The van der Waals surface area contributed by atoms with Gasteiger partial charge in [-0.05, 0) is 18.4 Å². The number of aryl methyl sites for hydroxylation is 1. The molecule has 0 aliphatic rings. The highest BCUT2D eigenvalue weighted by molar-refractivity contribution is 6.22. The van der Waals surface area contributed by atoms with Crippen LogP contribution in [0.5, 0.6) is 0 Å². The fraction of sp³-hybridized carbons (Fsp3) is 0.500. The molecule has 0 aliphatic carbocycles. The van der Waals surface area contributed by atoms with Crippen LogP contribution in [0.15, 0.2) is 30.3 Å². The Labute approximate surface area is 211 Å². The topological polar surface area (TPSA) is 76.0 Å². The first kappa shape index (κ1) is 30.3. The maximum atomic E-state index is 13.8. The lowest BCUT2D eigenvalue weighted by molar-refractivity contribution is -0.292. The molecule has 0 spiro atoms. The predicted molar refractivity (Wildman–Crippen MR) is 117 cm³/mol. The summed E-state index contributed by atoms with van der Waals surface area (Å²) in [7, 11) is 0.631. The van der Waals surface area contributed by atoms with E-state index in [2.05, 4.69) is 10.4 Å². The van der Waals surface area contributed by atoms with Gasteiger partial charge in [-0.3, -0.25) is 14.3 Å². The SMILES string of the molecule is CCC(Cl)C(CCNC(=O)c1c(C(F)(F)F)c(C(F)(F)C(F)(F)F)nn1C)C(=O)NCc1ccccc1. The lowest BCUT2D eigenvalue weighted by Gasteiger charge is -2.21. The Kier molecular flexibility index (Phi) is 9.55. The van der Waals surface area contributed by atoms with E-state index in [-0.39, 0.29) is 17.6 Å². The zero-order valence-corrected chi connectivity index (χ0v) is 20.2. The molecule has 2 N–H and O–H groups in total. The Morgan fingerprint density at radius 3 is 2.14 bits per heavy atom. The maximum Gasteiger partial charge on any atom is 0.459 e. The number of rotatable bonds is 10. The van der Waals surface area contributed by atoms with Crippen molar-refractivity contribution in [1.29, 1.82) is 0 Å². The molecule has 1 aromatic carbocycles. The standard InChI is InChI=1S/C22H23ClF8N4O2/c1-3-14(23)13(18(36)33-11-12-7-5-4-6-8-12)9-10-32-19(37)16-15(21(26,27)28)17(34-35(16)2)20(24,25)22(29,30)31/h4-8,13-14H,3,9-11H2,1-2H3,(H,32,37)(H,33,36). The molecule has 0 fully saturated rings. The summed E-state index contributed by atoms with van der Waals surface area (Å²) in [6.45, 7) is 1.41. The third-order valence-electron chi connectivity index (χ3n) is 5.41. The van der Waals surface area contributed by atoms with Gasteiger partial charge in [-0.1, -0.05) is 37.3 Å². The molecule has 1 aromatic heterocycles. The number of carbonyl (C=O) groups excluding carboxylic acids is 2. The summed E-state index contributed by atoms with van der Waals surface area (Å²) in [6.07, 6.45) is -12.0. The Hall–Kier alpha value is -2.90. The van der Waals surface area contributed by atoms with E-state index in [4.69, 9.17) is 11.6 Å². The van der Waals surface area contributed by atoms with E-state index in [1.54, 1.807) is 37.3 Å². The van der Waals surface area contributed by atoms with Crippen LogP contribution in [-0.4, -0.2) is 39.7 Å². The van der Waals surface area contributed by atoms with Crippen LogP contribution in [0, 0.1) is 5.92 Å². The number of nitrogens with zero attached hydrogens (tertiary/aromatic N) is 2. The highest BCUT2D eigenvalue weighted by atomic mass is 35.5. The van der Waals surface area contributed by atoms with Gasteiger partial charge in [-0.15, -0.1) is 11.6 Å². The average molecular weight is 563 g/mol. The first-order valence-electron chi connectivity index (χ1n) is 10.8.